The Morgan fingerprint density at radius 2 is 2.17 bits per heavy atom. The average Bonchev–Trinajstić information content (AvgIpc) is 2.82. The zero-order valence-electron chi connectivity index (χ0n) is 10.6. The van der Waals surface area contributed by atoms with E-state index in [1.54, 1.807) is 0 Å². The van der Waals surface area contributed by atoms with E-state index in [1.165, 1.54) is 0 Å². The summed E-state index contributed by atoms with van der Waals surface area (Å²) in [6.45, 7) is 3.89. The number of aromatic amines is 1. The van der Waals surface area contributed by atoms with Crippen LogP contribution in [0.25, 0.3) is 0 Å². The van der Waals surface area contributed by atoms with E-state index < -0.39 is 17.8 Å². The van der Waals surface area contributed by atoms with Gasteiger partial charge in [0.15, 0.2) is 0 Å². The molecule has 3 N–H and O–H groups in total. The van der Waals surface area contributed by atoms with Gasteiger partial charge in [0.25, 0.3) is 5.91 Å². The number of carboxylic acid groups (broad SMARTS) is 1. The predicted octanol–water partition coefficient (Wildman–Crippen LogP) is 0.598. The molecule has 1 amide bonds. The van der Waals surface area contributed by atoms with E-state index in [1.807, 2.05) is 13.8 Å². The molecule has 7 heteroatoms. The SMILES string of the molecule is CCCC(CNC(=O)c1n[nH]c(CC)n1)C(=O)O. The lowest BCUT2D eigenvalue weighted by molar-refractivity contribution is -0.141. The zero-order chi connectivity index (χ0) is 13.5. The maximum absolute atomic E-state index is 11.7. The first-order valence-electron chi connectivity index (χ1n) is 6.00. The second-order valence-corrected chi connectivity index (χ2v) is 3.99. The van der Waals surface area contributed by atoms with E-state index in [2.05, 4.69) is 20.5 Å². The molecule has 1 rings (SSSR count). The number of carboxylic acids is 1. The Morgan fingerprint density at radius 3 is 2.67 bits per heavy atom. The Labute approximate surface area is 105 Å². The molecule has 1 heterocycles. The summed E-state index contributed by atoms with van der Waals surface area (Å²) in [5.74, 6) is -1.24. The van der Waals surface area contributed by atoms with Crippen molar-refractivity contribution in [2.75, 3.05) is 6.54 Å². The quantitative estimate of drug-likeness (QED) is 0.660. The van der Waals surface area contributed by atoms with Crippen molar-refractivity contribution in [3.05, 3.63) is 11.6 Å². The third kappa shape index (κ3) is 3.83. The van der Waals surface area contributed by atoms with Crippen molar-refractivity contribution >= 4 is 11.9 Å². The van der Waals surface area contributed by atoms with Gasteiger partial charge in [-0.2, -0.15) is 0 Å². The molecule has 0 aliphatic carbocycles. The Balaban J connectivity index is 2.51. The summed E-state index contributed by atoms with van der Waals surface area (Å²) >= 11 is 0. The molecular weight excluding hydrogens is 236 g/mol. The number of H-pyrrole nitrogens is 1. The fraction of sp³-hybridized carbons (Fsp3) is 0.636. The first kappa shape index (κ1) is 14.1. The van der Waals surface area contributed by atoms with Gasteiger partial charge in [-0.15, -0.1) is 5.10 Å². The van der Waals surface area contributed by atoms with E-state index in [-0.39, 0.29) is 12.4 Å². The van der Waals surface area contributed by atoms with Crippen LogP contribution in [0.1, 0.15) is 43.1 Å². The topological polar surface area (TPSA) is 108 Å². The number of amides is 1. The summed E-state index contributed by atoms with van der Waals surface area (Å²) < 4.78 is 0. The summed E-state index contributed by atoms with van der Waals surface area (Å²) in [6, 6.07) is 0. The highest BCUT2D eigenvalue weighted by Crippen LogP contribution is 2.05. The number of aryl methyl sites for hydroxylation is 1. The summed E-state index contributed by atoms with van der Waals surface area (Å²) in [5.41, 5.74) is 0. The number of aliphatic carboxylic acids is 1. The number of hydrogen-bond donors (Lipinski definition) is 3. The maximum Gasteiger partial charge on any atom is 0.308 e. The summed E-state index contributed by atoms with van der Waals surface area (Å²) in [6.07, 6.45) is 1.95. The molecule has 0 bridgehead atoms. The molecular formula is C11H18N4O3. The number of carbonyl (C=O) groups excluding carboxylic acids is 1. The first-order chi connectivity index (χ1) is 8.58. The fourth-order valence-corrected chi connectivity index (χ4v) is 1.51. The first-order valence-corrected chi connectivity index (χ1v) is 6.00. The Bertz CT molecular complexity index is 416. The standard InChI is InChI=1S/C11H18N4O3/c1-3-5-7(11(17)18)6-12-10(16)9-13-8(4-2)14-15-9/h7H,3-6H2,1-2H3,(H,12,16)(H,17,18)(H,13,14,15). The normalized spacial score (nSPS) is 12.1. The van der Waals surface area contributed by atoms with Crippen molar-refractivity contribution in [2.45, 2.75) is 33.1 Å². The van der Waals surface area contributed by atoms with Crippen LogP contribution in [0, 0.1) is 5.92 Å². The van der Waals surface area contributed by atoms with Crippen LogP contribution in [-0.2, 0) is 11.2 Å². The van der Waals surface area contributed by atoms with E-state index in [4.69, 9.17) is 5.11 Å². The average molecular weight is 254 g/mol. The van der Waals surface area contributed by atoms with E-state index >= 15 is 0 Å². The van der Waals surface area contributed by atoms with Crippen molar-refractivity contribution in [3.8, 4) is 0 Å². The Hall–Kier alpha value is -1.92. The molecule has 0 aromatic carbocycles. The molecule has 18 heavy (non-hydrogen) atoms. The molecule has 1 aromatic rings. The second-order valence-electron chi connectivity index (χ2n) is 3.99. The van der Waals surface area contributed by atoms with Crippen LogP contribution < -0.4 is 5.32 Å². The smallest absolute Gasteiger partial charge is 0.308 e. The molecule has 1 atom stereocenters. The van der Waals surface area contributed by atoms with Gasteiger partial charge in [0.1, 0.15) is 5.82 Å². The van der Waals surface area contributed by atoms with Gasteiger partial charge >= 0.3 is 5.97 Å². The van der Waals surface area contributed by atoms with Gasteiger partial charge in [-0.3, -0.25) is 14.7 Å². The van der Waals surface area contributed by atoms with Crippen LogP contribution in [0.15, 0.2) is 0 Å². The van der Waals surface area contributed by atoms with Gasteiger partial charge in [-0.1, -0.05) is 20.3 Å². The lowest BCUT2D eigenvalue weighted by Crippen LogP contribution is -2.33. The number of rotatable bonds is 7. The third-order valence-electron chi connectivity index (χ3n) is 2.57. The number of nitrogens with zero attached hydrogens (tertiary/aromatic N) is 2. The van der Waals surface area contributed by atoms with Gasteiger partial charge in [-0.05, 0) is 6.42 Å². The lowest BCUT2D eigenvalue weighted by Gasteiger charge is -2.10. The van der Waals surface area contributed by atoms with Crippen LogP contribution >= 0.6 is 0 Å². The van der Waals surface area contributed by atoms with Gasteiger partial charge in [0.05, 0.1) is 5.92 Å². The van der Waals surface area contributed by atoms with Crippen molar-refractivity contribution < 1.29 is 14.7 Å². The van der Waals surface area contributed by atoms with Crippen LogP contribution in [0.4, 0.5) is 0 Å². The van der Waals surface area contributed by atoms with Crippen LogP contribution in [0.2, 0.25) is 0 Å². The van der Waals surface area contributed by atoms with Gasteiger partial charge in [-0.25, -0.2) is 4.98 Å². The van der Waals surface area contributed by atoms with Gasteiger partial charge in [0, 0.05) is 13.0 Å². The van der Waals surface area contributed by atoms with Gasteiger partial charge in [0.2, 0.25) is 5.82 Å². The zero-order valence-corrected chi connectivity index (χ0v) is 10.6. The van der Waals surface area contributed by atoms with Crippen LogP contribution in [0.5, 0.6) is 0 Å². The molecule has 0 radical (unpaired) electrons. The molecule has 0 saturated carbocycles. The minimum Gasteiger partial charge on any atom is -0.481 e. The highest BCUT2D eigenvalue weighted by molar-refractivity contribution is 5.90. The molecule has 0 aliphatic heterocycles. The number of aromatic nitrogens is 3. The van der Waals surface area contributed by atoms with E-state index in [0.29, 0.717) is 18.7 Å². The summed E-state index contributed by atoms with van der Waals surface area (Å²) in [7, 11) is 0. The van der Waals surface area contributed by atoms with E-state index in [9.17, 15) is 9.59 Å². The predicted molar refractivity (Wildman–Crippen MR) is 64.1 cm³/mol. The molecule has 0 saturated heterocycles. The number of carbonyl (C=O) groups is 2. The van der Waals surface area contributed by atoms with Crippen molar-refractivity contribution in [1.29, 1.82) is 0 Å². The maximum atomic E-state index is 11.7. The third-order valence-corrected chi connectivity index (χ3v) is 2.57. The van der Waals surface area contributed by atoms with Crippen LogP contribution in [0.3, 0.4) is 0 Å². The van der Waals surface area contributed by atoms with Crippen molar-refractivity contribution in [3.63, 3.8) is 0 Å². The Morgan fingerprint density at radius 1 is 1.44 bits per heavy atom. The Kier molecular flexibility index (Phi) is 5.29. The number of nitrogens with one attached hydrogen (secondary N) is 2. The molecule has 1 unspecified atom stereocenters. The molecule has 7 nitrogen and oxygen atoms in total. The number of hydrogen-bond acceptors (Lipinski definition) is 4. The van der Waals surface area contributed by atoms with E-state index in [0.717, 1.165) is 6.42 Å². The lowest BCUT2D eigenvalue weighted by atomic mass is 10.0. The minimum absolute atomic E-state index is 0.0486. The summed E-state index contributed by atoms with van der Waals surface area (Å²) in [5, 5.41) is 17.9. The molecule has 0 spiro atoms. The van der Waals surface area contributed by atoms with Gasteiger partial charge < -0.3 is 10.4 Å². The van der Waals surface area contributed by atoms with Crippen molar-refractivity contribution in [2.24, 2.45) is 5.92 Å². The molecule has 1 aromatic heterocycles. The molecule has 100 valence electrons. The molecule has 0 fully saturated rings. The summed E-state index contributed by atoms with van der Waals surface area (Å²) in [4.78, 5) is 26.5. The largest absolute Gasteiger partial charge is 0.481 e. The van der Waals surface area contributed by atoms with Crippen molar-refractivity contribution in [1.82, 2.24) is 20.5 Å². The second kappa shape index (κ2) is 6.73. The highest BCUT2D eigenvalue weighted by Gasteiger charge is 2.19. The monoisotopic (exact) mass is 254 g/mol. The fourth-order valence-electron chi connectivity index (χ4n) is 1.51. The molecule has 0 aliphatic rings. The van der Waals surface area contributed by atoms with Crippen LogP contribution in [-0.4, -0.2) is 38.7 Å². The highest BCUT2D eigenvalue weighted by atomic mass is 16.4. The minimum atomic E-state index is -0.901.